The Balaban J connectivity index is 1.84. The van der Waals surface area contributed by atoms with Crippen molar-refractivity contribution in [3.8, 4) is 22.6 Å². The molecule has 0 saturated carbocycles. The second kappa shape index (κ2) is 8.04. The first-order valence-electron chi connectivity index (χ1n) is 11.0. The maximum atomic E-state index is 13.0. The van der Waals surface area contributed by atoms with Gasteiger partial charge in [0.05, 0.1) is 22.2 Å². The van der Waals surface area contributed by atoms with Gasteiger partial charge in [-0.1, -0.05) is 36.7 Å². The number of carbonyl (C=O) groups excluding carboxylic acids is 2. The number of amides is 2. The van der Waals surface area contributed by atoms with Crippen LogP contribution in [0.25, 0.3) is 32.9 Å². The molecule has 7 nitrogen and oxygen atoms in total. The maximum Gasteiger partial charge on any atom is 0.259 e. The van der Waals surface area contributed by atoms with Gasteiger partial charge in [-0.3, -0.25) is 19.8 Å². The summed E-state index contributed by atoms with van der Waals surface area (Å²) in [7, 11) is 5.71. The molecular formula is C26H24ClN3O4. The Morgan fingerprint density at radius 3 is 2.44 bits per heavy atom. The first-order chi connectivity index (χ1) is 16.2. The van der Waals surface area contributed by atoms with E-state index in [0.717, 1.165) is 17.5 Å². The van der Waals surface area contributed by atoms with E-state index in [-0.39, 0.29) is 23.1 Å². The molecule has 8 heteroatoms. The van der Waals surface area contributed by atoms with Gasteiger partial charge in [-0.25, -0.2) is 0 Å². The van der Waals surface area contributed by atoms with Crippen molar-refractivity contribution in [2.45, 2.75) is 19.6 Å². The van der Waals surface area contributed by atoms with Crippen LogP contribution >= 0.6 is 11.6 Å². The van der Waals surface area contributed by atoms with E-state index in [1.165, 1.54) is 0 Å². The van der Waals surface area contributed by atoms with Crippen LogP contribution in [0.4, 0.5) is 0 Å². The summed E-state index contributed by atoms with van der Waals surface area (Å²) in [5.41, 5.74) is 3.34. The zero-order valence-corrected chi connectivity index (χ0v) is 20.0. The number of halogens is 1. The number of ether oxygens (including phenoxy) is 1. The maximum absolute atomic E-state index is 13.0. The van der Waals surface area contributed by atoms with Gasteiger partial charge < -0.3 is 14.4 Å². The van der Waals surface area contributed by atoms with Crippen LogP contribution in [-0.2, 0) is 7.05 Å². The molecule has 0 bridgehead atoms. The summed E-state index contributed by atoms with van der Waals surface area (Å²) in [5.74, 6) is -0.615. The van der Waals surface area contributed by atoms with Gasteiger partial charge >= 0.3 is 0 Å². The van der Waals surface area contributed by atoms with Crippen molar-refractivity contribution in [1.29, 1.82) is 0 Å². The molecule has 2 N–H and O–H groups in total. The number of aromatic nitrogens is 1. The number of phenolic OH excluding ortho intramolecular Hbond substituents is 1. The van der Waals surface area contributed by atoms with E-state index in [4.69, 9.17) is 16.3 Å². The lowest BCUT2D eigenvalue weighted by Gasteiger charge is -2.24. The molecule has 1 aliphatic heterocycles. The molecular weight excluding hydrogens is 454 g/mol. The summed E-state index contributed by atoms with van der Waals surface area (Å²) >= 11 is 6.47. The van der Waals surface area contributed by atoms with Crippen molar-refractivity contribution in [2.75, 3.05) is 14.1 Å². The number of fused-ring (bicyclic) bond motifs is 5. The SMILES string of the molecule is CCC(Oc1cc2c(cc1O)c1c3c(c(-c4ccccc4Cl)cc1n2C)C(=O)NC3=O)N(C)C. The molecule has 0 aliphatic carbocycles. The quantitative estimate of drug-likeness (QED) is 0.315. The largest absolute Gasteiger partial charge is 0.504 e. The van der Waals surface area contributed by atoms with Gasteiger partial charge in [-0.05, 0) is 44.3 Å². The molecule has 1 unspecified atom stereocenters. The lowest BCUT2D eigenvalue weighted by Crippen LogP contribution is -2.32. The van der Waals surface area contributed by atoms with Gasteiger partial charge in [0.15, 0.2) is 17.7 Å². The number of carbonyl (C=O) groups is 2. The van der Waals surface area contributed by atoms with Gasteiger partial charge in [0, 0.05) is 34.5 Å². The molecule has 2 heterocycles. The second-order valence-electron chi connectivity index (χ2n) is 8.67. The number of nitrogens with one attached hydrogen (secondary N) is 1. The first kappa shape index (κ1) is 22.3. The van der Waals surface area contributed by atoms with Gasteiger partial charge in [-0.2, -0.15) is 0 Å². The minimum atomic E-state index is -0.468. The summed E-state index contributed by atoms with van der Waals surface area (Å²) in [6.45, 7) is 2.01. The van der Waals surface area contributed by atoms with Crippen molar-refractivity contribution in [1.82, 2.24) is 14.8 Å². The second-order valence-corrected chi connectivity index (χ2v) is 9.08. The van der Waals surface area contributed by atoms with Crippen LogP contribution in [0.5, 0.6) is 11.5 Å². The Bertz CT molecular complexity index is 1510. The first-order valence-corrected chi connectivity index (χ1v) is 11.4. The van der Waals surface area contributed by atoms with Gasteiger partial charge in [-0.15, -0.1) is 0 Å². The number of rotatable bonds is 5. The van der Waals surface area contributed by atoms with Crippen LogP contribution in [0.3, 0.4) is 0 Å². The number of benzene rings is 3. The third kappa shape index (κ3) is 3.23. The minimum Gasteiger partial charge on any atom is -0.504 e. The zero-order valence-electron chi connectivity index (χ0n) is 19.3. The normalized spacial score (nSPS) is 14.2. The molecule has 1 aromatic heterocycles. The van der Waals surface area contributed by atoms with Crippen LogP contribution < -0.4 is 10.1 Å². The number of phenols is 1. The van der Waals surface area contributed by atoms with Crippen LogP contribution in [0.2, 0.25) is 5.02 Å². The lowest BCUT2D eigenvalue weighted by molar-refractivity contribution is 0.0588. The monoisotopic (exact) mass is 477 g/mol. The molecule has 0 radical (unpaired) electrons. The van der Waals surface area contributed by atoms with Gasteiger partial charge in [0.2, 0.25) is 0 Å². The molecule has 5 rings (SSSR count). The predicted octanol–water partition coefficient (Wildman–Crippen LogP) is 4.92. The standard InChI is InChI=1S/C26H24ClN3O4/c1-5-21(29(2)3)34-20-12-17-15(11-19(20)31)22-18(30(17)4)10-14(13-8-6-7-9-16(13)27)23-24(22)26(33)28-25(23)32/h6-12,21,31H,5H2,1-4H3,(H,28,32,33). The smallest absolute Gasteiger partial charge is 0.259 e. The third-order valence-electron chi connectivity index (χ3n) is 6.41. The number of nitrogens with zero attached hydrogens (tertiary/aromatic N) is 2. The van der Waals surface area contributed by atoms with Crippen molar-refractivity contribution >= 4 is 45.2 Å². The van der Waals surface area contributed by atoms with Crippen molar-refractivity contribution in [2.24, 2.45) is 7.05 Å². The van der Waals surface area contributed by atoms with Gasteiger partial charge in [0.1, 0.15) is 0 Å². The summed E-state index contributed by atoms with van der Waals surface area (Å²) in [6, 6.07) is 12.5. The van der Waals surface area contributed by atoms with E-state index in [1.807, 2.05) is 61.8 Å². The molecule has 2 amide bonds. The highest BCUT2D eigenvalue weighted by molar-refractivity contribution is 6.36. The Morgan fingerprint density at radius 2 is 1.76 bits per heavy atom. The third-order valence-corrected chi connectivity index (χ3v) is 6.74. The van der Waals surface area contributed by atoms with E-state index >= 15 is 0 Å². The Labute approximate surface area is 201 Å². The Hall–Kier alpha value is -3.55. The number of hydrogen-bond donors (Lipinski definition) is 2. The number of hydrogen-bond acceptors (Lipinski definition) is 5. The lowest BCUT2D eigenvalue weighted by atomic mass is 9.93. The molecule has 0 fully saturated rings. The van der Waals surface area contributed by atoms with E-state index in [2.05, 4.69) is 5.32 Å². The van der Waals surface area contributed by atoms with E-state index < -0.39 is 11.8 Å². The summed E-state index contributed by atoms with van der Waals surface area (Å²) < 4.78 is 8.00. The molecule has 1 aliphatic rings. The van der Waals surface area contributed by atoms with Crippen LogP contribution in [-0.4, -0.2) is 46.7 Å². The minimum absolute atomic E-state index is 0.0334. The molecule has 174 valence electrons. The molecule has 4 aromatic rings. The fourth-order valence-corrected chi connectivity index (χ4v) is 4.99. The van der Waals surface area contributed by atoms with Crippen molar-refractivity contribution in [3.05, 3.63) is 58.6 Å². The van der Waals surface area contributed by atoms with Crippen LogP contribution in [0.15, 0.2) is 42.5 Å². The van der Waals surface area contributed by atoms with Crippen LogP contribution in [0, 0.1) is 0 Å². The molecule has 1 atom stereocenters. The van der Waals surface area contributed by atoms with Gasteiger partial charge in [0.25, 0.3) is 11.8 Å². The van der Waals surface area contributed by atoms with E-state index in [1.54, 1.807) is 18.2 Å². The molecule has 34 heavy (non-hydrogen) atoms. The average Bonchev–Trinajstić information content (AvgIpc) is 3.24. The summed E-state index contributed by atoms with van der Waals surface area (Å²) in [4.78, 5) is 27.7. The number of aryl methyl sites for hydroxylation is 1. The number of imide groups is 1. The summed E-state index contributed by atoms with van der Waals surface area (Å²) in [5, 5.41) is 15.0. The number of aromatic hydroxyl groups is 1. The Kier molecular flexibility index (Phi) is 5.26. The topological polar surface area (TPSA) is 83.8 Å². The Morgan fingerprint density at radius 1 is 1.06 bits per heavy atom. The molecule has 3 aromatic carbocycles. The van der Waals surface area contributed by atoms with Crippen molar-refractivity contribution in [3.63, 3.8) is 0 Å². The van der Waals surface area contributed by atoms with E-state index in [0.29, 0.717) is 32.7 Å². The molecule has 0 saturated heterocycles. The van der Waals surface area contributed by atoms with Crippen molar-refractivity contribution < 1.29 is 19.4 Å². The fourth-order valence-electron chi connectivity index (χ4n) is 4.75. The van der Waals surface area contributed by atoms with Crippen LogP contribution in [0.1, 0.15) is 34.1 Å². The highest BCUT2D eigenvalue weighted by atomic mass is 35.5. The highest BCUT2D eigenvalue weighted by Crippen LogP contribution is 2.44. The molecule has 0 spiro atoms. The average molecular weight is 478 g/mol. The summed E-state index contributed by atoms with van der Waals surface area (Å²) in [6.07, 6.45) is 0.522. The fraction of sp³-hybridized carbons (Fsp3) is 0.231. The van der Waals surface area contributed by atoms with E-state index in [9.17, 15) is 14.7 Å². The highest BCUT2D eigenvalue weighted by Gasteiger charge is 2.35. The predicted molar refractivity (Wildman–Crippen MR) is 133 cm³/mol. The zero-order chi connectivity index (χ0) is 24.3.